The molecule has 0 bridgehead atoms. The Morgan fingerprint density at radius 3 is 1.04 bits per heavy atom. The minimum absolute atomic E-state index is 0.0507. The van der Waals surface area contributed by atoms with E-state index >= 15 is 0 Å². The van der Waals surface area contributed by atoms with Crippen molar-refractivity contribution in [2.75, 3.05) is 0 Å². The van der Waals surface area contributed by atoms with E-state index < -0.39 is 0 Å². The highest BCUT2D eigenvalue weighted by Gasteiger charge is 2.10. The number of hydrogen-bond acceptors (Lipinski definition) is 2. The van der Waals surface area contributed by atoms with Crippen LogP contribution < -0.4 is 0 Å². The number of ether oxygens (including phenoxy) is 2. The molecule has 0 amide bonds. The molecule has 0 saturated heterocycles. The summed E-state index contributed by atoms with van der Waals surface area (Å²) in [6, 6.07) is 16.9. The summed E-state index contributed by atoms with van der Waals surface area (Å²) in [4.78, 5) is 0. The standard InChI is InChI=1S/2C12H18O/c2*1-10-5-7-11(8-6-10)9-13-12(2,3)4/h2*5-8H,9H2,1-4H3. The summed E-state index contributed by atoms with van der Waals surface area (Å²) in [5.74, 6) is 0. The first kappa shape index (κ1) is 22.4. The fourth-order valence-corrected chi connectivity index (χ4v) is 1.97. The Balaban J connectivity index is 0.000000260. The zero-order chi connectivity index (χ0) is 19.8. The summed E-state index contributed by atoms with van der Waals surface area (Å²) in [7, 11) is 0. The third-order valence-electron chi connectivity index (χ3n) is 3.58. The molecule has 0 atom stereocenters. The average Bonchev–Trinajstić information content (AvgIpc) is 2.53. The van der Waals surface area contributed by atoms with Crippen LogP contribution in [0.4, 0.5) is 0 Å². The van der Waals surface area contributed by atoms with Crippen molar-refractivity contribution in [2.45, 2.75) is 79.8 Å². The van der Waals surface area contributed by atoms with Gasteiger partial charge in [-0.2, -0.15) is 0 Å². The van der Waals surface area contributed by atoms with Gasteiger partial charge in [0.2, 0.25) is 0 Å². The molecule has 0 spiro atoms. The van der Waals surface area contributed by atoms with Gasteiger partial charge >= 0.3 is 0 Å². The maximum absolute atomic E-state index is 5.66. The molecule has 0 heterocycles. The molecule has 0 aliphatic carbocycles. The van der Waals surface area contributed by atoms with E-state index in [-0.39, 0.29) is 11.2 Å². The van der Waals surface area contributed by atoms with E-state index in [0.29, 0.717) is 13.2 Å². The summed E-state index contributed by atoms with van der Waals surface area (Å²) in [5, 5.41) is 0. The highest BCUT2D eigenvalue weighted by atomic mass is 16.5. The van der Waals surface area contributed by atoms with Crippen LogP contribution in [-0.2, 0) is 22.7 Å². The lowest BCUT2D eigenvalue weighted by Crippen LogP contribution is -2.18. The van der Waals surface area contributed by atoms with Gasteiger partial charge in [-0.1, -0.05) is 59.7 Å². The van der Waals surface area contributed by atoms with Gasteiger partial charge in [-0.05, 0) is 66.5 Å². The predicted molar refractivity (Wildman–Crippen MR) is 111 cm³/mol. The Hall–Kier alpha value is -1.64. The second kappa shape index (κ2) is 9.89. The van der Waals surface area contributed by atoms with Gasteiger partial charge in [0.1, 0.15) is 0 Å². The molecular weight excluding hydrogens is 320 g/mol. The maximum atomic E-state index is 5.66. The molecule has 2 heteroatoms. The van der Waals surface area contributed by atoms with E-state index in [2.05, 4.69) is 104 Å². The fraction of sp³-hybridized carbons (Fsp3) is 0.500. The molecule has 0 aliphatic rings. The van der Waals surface area contributed by atoms with Gasteiger partial charge in [-0.15, -0.1) is 0 Å². The number of hydrogen-bond donors (Lipinski definition) is 0. The largest absolute Gasteiger partial charge is 0.371 e. The molecule has 2 aromatic rings. The molecule has 0 fully saturated rings. The molecule has 26 heavy (non-hydrogen) atoms. The lowest BCUT2D eigenvalue weighted by atomic mass is 10.1. The highest BCUT2D eigenvalue weighted by Crippen LogP contribution is 2.13. The monoisotopic (exact) mass is 356 g/mol. The Morgan fingerprint density at radius 1 is 0.538 bits per heavy atom. The van der Waals surface area contributed by atoms with Gasteiger partial charge in [0.05, 0.1) is 24.4 Å². The molecule has 0 aromatic heterocycles. The first-order valence-electron chi connectivity index (χ1n) is 9.34. The lowest BCUT2D eigenvalue weighted by Gasteiger charge is -2.19. The third-order valence-corrected chi connectivity index (χ3v) is 3.58. The third kappa shape index (κ3) is 11.1. The molecular formula is C24H36O2. The number of rotatable bonds is 4. The van der Waals surface area contributed by atoms with Crippen LogP contribution in [0.3, 0.4) is 0 Å². The average molecular weight is 357 g/mol. The minimum Gasteiger partial charge on any atom is -0.371 e. The van der Waals surface area contributed by atoms with E-state index in [1.807, 2.05) is 0 Å². The van der Waals surface area contributed by atoms with E-state index in [0.717, 1.165) is 0 Å². The second-order valence-corrected chi connectivity index (χ2v) is 8.77. The molecule has 0 radical (unpaired) electrons. The highest BCUT2D eigenvalue weighted by molar-refractivity contribution is 5.21. The summed E-state index contributed by atoms with van der Waals surface area (Å²) in [6.07, 6.45) is 0. The summed E-state index contributed by atoms with van der Waals surface area (Å²) < 4.78 is 11.3. The summed E-state index contributed by atoms with van der Waals surface area (Å²) in [5.41, 5.74) is 4.95. The second-order valence-electron chi connectivity index (χ2n) is 8.77. The normalized spacial score (nSPS) is 11.7. The zero-order valence-electron chi connectivity index (χ0n) is 17.8. The quantitative estimate of drug-likeness (QED) is 0.613. The smallest absolute Gasteiger partial charge is 0.0724 e. The van der Waals surface area contributed by atoms with Crippen molar-refractivity contribution in [3.8, 4) is 0 Å². The topological polar surface area (TPSA) is 18.5 Å². The van der Waals surface area contributed by atoms with E-state index in [1.165, 1.54) is 22.3 Å². The van der Waals surface area contributed by atoms with E-state index in [4.69, 9.17) is 9.47 Å². The minimum atomic E-state index is -0.0507. The van der Waals surface area contributed by atoms with Gasteiger partial charge < -0.3 is 9.47 Å². The predicted octanol–water partition coefficient (Wildman–Crippen LogP) is 6.62. The van der Waals surface area contributed by atoms with Crippen molar-refractivity contribution >= 4 is 0 Å². The van der Waals surface area contributed by atoms with E-state index in [9.17, 15) is 0 Å². The summed E-state index contributed by atoms with van der Waals surface area (Å²) >= 11 is 0. The molecule has 144 valence electrons. The van der Waals surface area contributed by atoms with Crippen LogP contribution in [0.5, 0.6) is 0 Å². The van der Waals surface area contributed by atoms with Crippen molar-refractivity contribution in [2.24, 2.45) is 0 Å². The first-order valence-corrected chi connectivity index (χ1v) is 9.34. The molecule has 2 aromatic carbocycles. The van der Waals surface area contributed by atoms with Crippen molar-refractivity contribution in [1.29, 1.82) is 0 Å². The van der Waals surface area contributed by atoms with E-state index in [1.54, 1.807) is 0 Å². The lowest BCUT2D eigenvalue weighted by molar-refractivity contribution is -0.0152. The first-order chi connectivity index (χ1) is 11.9. The van der Waals surface area contributed by atoms with Crippen molar-refractivity contribution in [1.82, 2.24) is 0 Å². The molecule has 0 N–H and O–H groups in total. The number of benzene rings is 2. The van der Waals surface area contributed by atoms with Crippen molar-refractivity contribution < 1.29 is 9.47 Å². The fourth-order valence-electron chi connectivity index (χ4n) is 1.97. The van der Waals surface area contributed by atoms with Crippen LogP contribution in [0.2, 0.25) is 0 Å². The SMILES string of the molecule is Cc1ccc(COC(C)(C)C)cc1.Cc1ccc(COC(C)(C)C)cc1. The van der Waals surface area contributed by atoms with Crippen LogP contribution in [0.15, 0.2) is 48.5 Å². The molecule has 0 aliphatic heterocycles. The Bertz CT molecular complexity index is 566. The molecule has 0 unspecified atom stereocenters. The molecule has 0 saturated carbocycles. The Morgan fingerprint density at radius 2 is 0.808 bits per heavy atom. The Kier molecular flexibility index (Phi) is 8.52. The van der Waals surface area contributed by atoms with Gasteiger partial charge in [0.15, 0.2) is 0 Å². The van der Waals surface area contributed by atoms with Crippen LogP contribution in [-0.4, -0.2) is 11.2 Å². The van der Waals surface area contributed by atoms with Crippen molar-refractivity contribution in [3.05, 3.63) is 70.8 Å². The van der Waals surface area contributed by atoms with Gasteiger partial charge in [0, 0.05) is 0 Å². The zero-order valence-corrected chi connectivity index (χ0v) is 17.8. The molecule has 2 rings (SSSR count). The van der Waals surface area contributed by atoms with Gasteiger partial charge in [0.25, 0.3) is 0 Å². The van der Waals surface area contributed by atoms with Crippen LogP contribution in [0.1, 0.15) is 63.8 Å². The Labute approximate surface area is 160 Å². The van der Waals surface area contributed by atoms with Crippen LogP contribution in [0.25, 0.3) is 0 Å². The van der Waals surface area contributed by atoms with Gasteiger partial charge in [-0.25, -0.2) is 0 Å². The van der Waals surface area contributed by atoms with Crippen LogP contribution in [0, 0.1) is 13.8 Å². The maximum Gasteiger partial charge on any atom is 0.0724 e. The van der Waals surface area contributed by atoms with Crippen molar-refractivity contribution in [3.63, 3.8) is 0 Å². The summed E-state index contributed by atoms with van der Waals surface area (Å²) in [6.45, 7) is 18.0. The molecule has 2 nitrogen and oxygen atoms in total. The van der Waals surface area contributed by atoms with Crippen LogP contribution >= 0.6 is 0 Å². The van der Waals surface area contributed by atoms with Gasteiger partial charge in [-0.3, -0.25) is 0 Å². The number of aryl methyl sites for hydroxylation is 2.